The second-order valence-corrected chi connectivity index (χ2v) is 5.47. The van der Waals surface area contributed by atoms with Gasteiger partial charge in [-0.3, -0.25) is 4.79 Å². The van der Waals surface area contributed by atoms with E-state index >= 15 is 0 Å². The fourth-order valence-corrected chi connectivity index (χ4v) is 2.12. The smallest absolute Gasteiger partial charge is 0.133 e. The Morgan fingerprint density at radius 3 is 2.65 bits per heavy atom. The lowest BCUT2D eigenvalue weighted by molar-refractivity contribution is -0.120. The average Bonchev–Trinajstić information content (AvgIpc) is 2.68. The number of aryl methyl sites for hydroxylation is 1. The second kappa shape index (κ2) is 7.31. The average molecular weight is 236 g/mol. The lowest BCUT2D eigenvalue weighted by atomic mass is 9.94. The highest BCUT2D eigenvalue weighted by Crippen LogP contribution is 2.16. The normalized spacial score (nSPS) is 12.9. The summed E-state index contributed by atoms with van der Waals surface area (Å²) < 4.78 is 5.03. The molecule has 0 aliphatic carbocycles. The number of hydrogen-bond donors (Lipinski definition) is 0. The summed E-state index contributed by atoms with van der Waals surface area (Å²) in [6.45, 7) is 6.37. The maximum absolute atomic E-state index is 11.6. The lowest BCUT2D eigenvalue weighted by Crippen LogP contribution is -2.08. The predicted molar refractivity (Wildman–Crippen MR) is 69.9 cm³/mol. The van der Waals surface area contributed by atoms with Crippen LogP contribution in [0.15, 0.2) is 23.0 Å². The SMILES string of the molecule is CC(C)CC(=O)C[C@H](C)CCCc1ccoc1. The summed E-state index contributed by atoms with van der Waals surface area (Å²) >= 11 is 0. The van der Waals surface area contributed by atoms with Crippen molar-refractivity contribution in [1.82, 2.24) is 0 Å². The number of Topliss-reactive ketones (excluding diaryl/α,β-unsaturated/α-hetero) is 1. The molecule has 0 bridgehead atoms. The maximum Gasteiger partial charge on any atom is 0.133 e. The van der Waals surface area contributed by atoms with Crippen LogP contribution in [0.2, 0.25) is 0 Å². The summed E-state index contributed by atoms with van der Waals surface area (Å²) in [5, 5.41) is 0. The van der Waals surface area contributed by atoms with Gasteiger partial charge < -0.3 is 4.42 Å². The number of ketones is 1. The van der Waals surface area contributed by atoms with Crippen LogP contribution in [-0.2, 0) is 11.2 Å². The summed E-state index contributed by atoms with van der Waals surface area (Å²) in [6, 6.07) is 2.01. The number of carbonyl (C=O) groups excluding carboxylic acids is 1. The zero-order chi connectivity index (χ0) is 12.7. The highest BCUT2D eigenvalue weighted by Gasteiger charge is 2.10. The Kier molecular flexibility index (Phi) is 6.03. The molecule has 0 saturated carbocycles. The van der Waals surface area contributed by atoms with Crippen molar-refractivity contribution in [2.24, 2.45) is 11.8 Å². The van der Waals surface area contributed by atoms with Crippen molar-refractivity contribution in [3.63, 3.8) is 0 Å². The highest BCUT2D eigenvalue weighted by atomic mass is 16.3. The lowest BCUT2D eigenvalue weighted by Gasteiger charge is -2.11. The Morgan fingerprint density at radius 2 is 2.06 bits per heavy atom. The van der Waals surface area contributed by atoms with E-state index in [2.05, 4.69) is 20.8 Å². The van der Waals surface area contributed by atoms with Crippen molar-refractivity contribution in [1.29, 1.82) is 0 Å². The van der Waals surface area contributed by atoms with Crippen LogP contribution >= 0.6 is 0 Å². The van der Waals surface area contributed by atoms with Crippen LogP contribution in [0, 0.1) is 11.8 Å². The molecule has 1 aromatic rings. The molecule has 1 heterocycles. The van der Waals surface area contributed by atoms with E-state index in [0.29, 0.717) is 17.6 Å². The van der Waals surface area contributed by atoms with Crippen molar-refractivity contribution in [2.45, 2.75) is 52.9 Å². The molecule has 0 unspecified atom stereocenters. The van der Waals surface area contributed by atoms with Crippen LogP contribution in [0.3, 0.4) is 0 Å². The summed E-state index contributed by atoms with van der Waals surface area (Å²) in [6.07, 6.45) is 8.29. The Labute approximate surface area is 104 Å². The third kappa shape index (κ3) is 6.30. The zero-order valence-corrected chi connectivity index (χ0v) is 11.2. The minimum atomic E-state index is 0.413. The van der Waals surface area contributed by atoms with Crippen molar-refractivity contribution in [3.8, 4) is 0 Å². The quantitative estimate of drug-likeness (QED) is 0.675. The van der Waals surface area contributed by atoms with E-state index in [1.807, 2.05) is 6.07 Å². The van der Waals surface area contributed by atoms with Gasteiger partial charge in [-0.1, -0.05) is 20.8 Å². The topological polar surface area (TPSA) is 30.2 Å². The molecule has 17 heavy (non-hydrogen) atoms. The van der Waals surface area contributed by atoms with E-state index in [0.717, 1.165) is 32.1 Å². The van der Waals surface area contributed by atoms with Crippen molar-refractivity contribution >= 4 is 5.78 Å². The van der Waals surface area contributed by atoms with E-state index < -0.39 is 0 Å². The monoisotopic (exact) mass is 236 g/mol. The molecule has 0 spiro atoms. The fraction of sp³-hybridized carbons (Fsp3) is 0.667. The largest absolute Gasteiger partial charge is 0.472 e. The number of carbonyl (C=O) groups is 1. The van der Waals surface area contributed by atoms with Crippen LogP contribution in [0.25, 0.3) is 0 Å². The fourth-order valence-electron chi connectivity index (χ4n) is 2.12. The predicted octanol–water partition coefficient (Wildman–Crippen LogP) is 4.24. The molecule has 2 nitrogen and oxygen atoms in total. The first kappa shape index (κ1) is 14.0. The second-order valence-electron chi connectivity index (χ2n) is 5.47. The van der Waals surface area contributed by atoms with Gasteiger partial charge in [-0.25, -0.2) is 0 Å². The Balaban J connectivity index is 2.12. The summed E-state index contributed by atoms with van der Waals surface area (Å²) in [7, 11) is 0. The zero-order valence-electron chi connectivity index (χ0n) is 11.2. The van der Waals surface area contributed by atoms with E-state index in [1.54, 1.807) is 12.5 Å². The van der Waals surface area contributed by atoms with Gasteiger partial charge in [0.15, 0.2) is 0 Å². The molecule has 0 N–H and O–H groups in total. The molecule has 1 aromatic heterocycles. The standard InChI is InChI=1S/C15H24O2/c1-12(2)9-15(16)10-13(3)5-4-6-14-7-8-17-11-14/h7-8,11-13H,4-6,9-10H2,1-3H3/t13-/m1/s1. The van der Waals surface area contributed by atoms with Crippen LogP contribution < -0.4 is 0 Å². The van der Waals surface area contributed by atoms with Gasteiger partial charge in [0.05, 0.1) is 12.5 Å². The molecule has 96 valence electrons. The van der Waals surface area contributed by atoms with Crippen LogP contribution in [-0.4, -0.2) is 5.78 Å². The molecule has 0 amide bonds. The number of rotatable bonds is 8. The molecule has 0 aliphatic heterocycles. The Hall–Kier alpha value is -1.05. The third-order valence-corrected chi connectivity index (χ3v) is 2.95. The molecule has 0 saturated heterocycles. The molecular weight excluding hydrogens is 212 g/mol. The van der Waals surface area contributed by atoms with Crippen LogP contribution in [0.1, 0.15) is 52.0 Å². The highest BCUT2D eigenvalue weighted by molar-refractivity contribution is 5.78. The van der Waals surface area contributed by atoms with Gasteiger partial charge in [-0.2, -0.15) is 0 Å². The molecule has 0 radical (unpaired) electrons. The minimum absolute atomic E-state index is 0.413. The first-order valence-electron chi connectivity index (χ1n) is 6.60. The first-order valence-corrected chi connectivity index (χ1v) is 6.60. The molecule has 1 atom stereocenters. The van der Waals surface area contributed by atoms with E-state index in [9.17, 15) is 4.79 Å². The summed E-state index contributed by atoms with van der Waals surface area (Å²) in [5.41, 5.74) is 1.26. The van der Waals surface area contributed by atoms with Crippen molar-refractivity contribution < 1.29 is 9.21 Å². The van der Waals surface area contributed by atoms with Gasteiger partial charge in [-0.15, -0.1) is 0 Å². The molecule has 0 aliphatic rings. The summed E-state index contributed by atoms with van der Waals surface area (Å²) in [4.78, 5) is 11.6. The van der Waals surface area contributed by atoms with Gasteiger partial charge >= 0.3 is 0 Å². The van der Waals surface area contributed by atoms with Crippen molar-refractivity contribution in [3.05, 3.63) is 24.2 Å². The van der Waals surface area contributed by atoms with Crippen LogP contribution in [0.4, 0.5) is 0 Å². The molecular formula is C15H24O2. The van der Waals surface area contributed by atoms with Crippen LogP contribution in [0.5, 0.6) is 0 Å². The minimum Gasteiger partial charge on any atom is -0.472 e. The third-order valence-electron chi connectivity index (χ3n) is 2.95. The maximum atomic E-state index is 11.6. The molecule has 2 heteroatoms. The van der Waals surface area contributed by atoms with Crippen molar-refractivity contribution in [2.75, 3.05) is 0 Å². The number of furan rings is 1. The van der Waals surface area contributed by atoms with Gasteiger partial charge in [0, 0.05) is 12.8 Å². The Bertz CT molecular complexity index is 312. The van der Waals surface area contributed by atoms with E-state index in [1.165, 1.54) is 5.56 Å². The first-order chi connectivity index (χ1) is 8.08. The van der Waals surface area contributed by atoms with E-state index in [4.69, 9.17) is 4.42 Å². The number of hydrogen-bond acceptors (Lipinski definition) is 2. The van der Waals surface area contributed by atoms with Gasteiger partial charge in [0.2, 0.25) is 0 Å². The van der Waals surface area contributed by atoms with Gasteiger partial charge in [-0.05, 0) is 42.7 Å². The van der Waals surface area contributed by atoms with E-state index in [-0.39, 0.29) is 0 Å². The van der Waals surface area contributed by atoms with Gasteiger partial charge in [0.1, 0.15) is 5.78 Å². The molecule has 0 aromatic carbocycles. The van der Waals surface area contributed by atoms with Gasteiger partial charge in [0.25, 0.3) is 0 Å². The Morgan fingerprint density at radius 1 is 1.29 bits per heavy atom. The summed E-state index contributed by atoms with van der Waals surface area (Å²) in [5.74, 6) is 1.41. The molecule has 0 fully saturated rings. The molecule has 1 rings (SSSR count).